The van der Waals surface area contributed by atoms with Crippen LogP contribution in [0.1, 0.15) is 13.8 Å². The Hall–Kier alpha value is -1.07. The summed E-state index contributed by atoms with van der Waals surface area (Å²) in [4.78, 5) is 0.308. The Morgan fingerprint density at radius 3 is 2.50 bits per heavy atom. The maximum atomic E-state index is 12.3. The summed E-state index contributed by atoms with van der Waals surface area (Å²) in [5.41, 5.74) is 0. The highest BCUT2D eigenvalue weighted by Crippen LogP contribution is 2.19. The van der Waals surface area contributed by atoms with Crippen molar-refractivity contribution in [3.63, 3.8) is 0 Å². The van der Waals surface area contributed by atoms with E-state index in [-0.39, 0.29) is 17.7 Å². The molecule has 1 atom stereocenters. The van der Waals surface area contributed by atoms with Gasteiger partial charge in [0.1, 0.15) is 5.75 Å². The Morgan fingerprint density at radius 2 is 2.00 bits per heavy atom. The molecule has 0 radical (unpaired) electrons. The monoisotopic (exact) mass is 271 g/mol. The normalized spacial score (nSPS) is 13.6. The average Bonchev–Trinajstić information content (AvgIpc) is 2.35. The fourth-order valence-corrected chi connectivity index (χ4v) is 3.53. The molecule has 1 N–H and O–H groups in total. The fraction of sp³-hybridized carbons (Fsp3) is 0.538. The first-order chi connectivity index (χ1) is 8.40. The molecule has 0 aliphatic heterocycles. The lowest BCUT2D eigenvalue weighted by molar-refractivity contribution is 0.413. The average molecular weight is 271 g/mol. The van der Waals surface area contributed by atoms with Gasteiger partial charge in [-0.3, -0.25) is 0 Å². The largest absolute Gasteiger partial charge is 0.497 e. The van der Waals surface area contributed by atoms with Crippen molar-refractivity contribution in [2.45, 2.75) is 24.8 Å². The van der Waals surface area contributed by atoms with Gasteiger partial charge in [0.05, 0.1) is 17.8 Å². The van der Waals surface area contributed by atoms with Crippen LogP contribution >= 0.6 is 0 Å². The molecular formula is C13H21NO3S. The van der Waals surface area contributed by atoms with Gasteiger partial charge in [-0.1, -0.05) is 19.9 Å². The molecule has 1 unspecified atom stereocenters. The molecule has 18 heavy (non-hydrogen) atoms. The van der Waals surface area contributed by atoms with E-state index in [1.54, 1.807) is 31.3 Å². The molecule has 0 bridgehead atoms. The molecule has 0 amide bonds. The van der Waals surface area contributed by atoms with Gasteiger partial charge < -0.3 is 10.1 Å². The van der Waals surface area contributed by atoms with Crippen LogP contribution in [0.25, 0.3) is 0 Å². The molecule has 4 nitrogen and oxygen atoms in total. The molecule has 0 aromatic heterocycles. The summed E-state index contributed by atoms with van der Waals surface area (Å²) in [7, 11) is 0.0158. The van der Waals surface area contributed by atoms with Crippen molar-refractivity contribution in [2.75, 3.05) is 19.9 Å². The van der Waals surface area contributed by atoms with Crippen LogP contribution in [0.15, 0.2) is 29.2 Å². The lowest BCUT2D eigenvalue weighted by atomic mass is 10.1. The van der Waals surface area contributed by atoms with Gasteiger partial charge in [-0.2, -0.15) is 0 Å². The Kier molecular flexibility index (Phi) is 5.16. The molecular weight excluding hydrogens is 250 g/mol. The summed E-state index contributed by atoms with van der Waals surface area (Å²) < 4.78 is 29.6. The van der Waals surface area contributed by atoms with Crippen LogP contribution in [-0.2, 0) is 9.84 Å². The number of rotatable bonds is 6. The number of hydrogen-bond acceptors (Lipinski definition) is 4. The molecule has 0 saturated heterocycles. The molecule has 1 aromatic carbocycles. The summed E-state index contributed by atoms with van der Waals surface area (Å²) in [5.74, 6) is 0.908. The molecule has 0 heterocycles. The summed E-state index contributed by atoms with van der Waals surface area (Å²) in [6.07, 6.45) is 0. The third-order valence-electron chi connectivity index (χ3n) is 2.97. The summed E-state index contributed by atoms with van der Waals surface area (Å²) in [6, 6.07) is 6.53. The van der Waals surface area contributed by atoms with E-state index in [9.17, 15) is 8.42 Å². The topological polar surface area (TPSA) is 55.4 Å². The third-order valence-corrected chi connectivity index (χ3v) is 4.74. The van der Waals surface area contributed by atoms with E-state index in [0.717, 1.165) is 0 Å². The summed E-state index contributed by atoms with van der Waals surface area (Å²) in [6.45, 7) is 4.00. The minimum Gasteiger partial charge on any atom is -0.497 e. The van der Waals surface area contributed by atoms with Gasteiger partial charge in [0, 0.05) is 6.04 Å². The van der Waals surface area contributed by atoms with E-state index in [4.69, 9.17) is 4.74 Å². The van der Waals surface area contributed by atoms with Gasteiger partial charge in [0.15, 0.2) is 9.84 Å². The standard InChI is InChI=1S/C13H21NO3S/c1-10(2)13(14-3)9-18(15,16)12-7-5-6-11(8-12)17-4/h5-8,10,13-14H,9H2,1-4H3. The lowest BCUT2D eigenvalue weighted by Gasteiger charge is -2.20. The number of ether oxygens (including phenoxy) is 1. The van der Waals surface area contributed by atoms with Gasteiger partial charge in [0.25, 0.3) is 0 Å². The van der Waals surface area contributed by atoms with Crippen LogP contribution in [-0.4, -0.2) is 34.4 Å². The number of methoxy groups -OCH3 is 1. The third kappa shape index (κ3) is 3.71. The van der Waals surface area contributed by atoms with E-state index in [1.165, 1.54) is 7.11 Å². The zero-order valence-electron chi connectivity index (χ0n) is 11.3. The van der Waals surface area contributed by atoms with Crippen LogP contribution in [0.4, 0.5) is 0 Å². The van der Waals surface area contributed by atoms with Crippen LogP contribution in [0.5, 0.6) is 5.75 Å². The van der Waals surface area contributed by atoms with Crippen LogP contribution < -0.4 is 10.1 Å². The molecule has 1 aromatic rings. The molecule has 0 aliphatic rings. The Balaban J connectivity index is 2.98. The van der Waals surface area contributed by atoms with Gasteiger partial charge in [-0.05, 0) is 31.2 Å². The highest BCUT2D eigenvalue weighted by molar-refractivity contribution is 7.91. The van der Waals surface area contributed by atoms with Crippen molar-refractivity contribution in [3.8, 4) is 5.75 Å². The number of benzene rings is 1. The predicted octanol–water partition coefficient (Wildman–Crippen LogP) is 1.71. The van der Waals surface area contributed by atoms with Gasteiger partial charge in [-0.25, -0.2) is 8.42 Å². The fourth-order valence-electron chi connectivity index (χ4n) is 1.74. The molecule has 102 valence electrons. The Labute approximate surface area is 109 Å². The zero-order chi connectivity index (χ0) is 13.8. The molecule has 0 saturated carbocycles. The van der Waals surface area contributed by atoms with Crippen molar-refractivity contribution in [2.24, 2.45) is 5.92 Å². The van der Waals surface area contributed by atoms with Crippen LogP contribution in [0, 0.1) is 5.92 Å². The van der Waals surface area contributed by atoms with Crippen LogP contribution in [0.3, 0.4) is 0 Å². The first-order valence-corrected chi connectivity index (χ1v) is 7.60. The number of hydrogen-bond donors (Lipinski definition) is 1. The molecule has 0 fully saturated rings. The quantitative estimate of drug-likeness (QED) is 0.856. The highest BCUT2D eigenvalue weighted by Gasteiger charge is 2.22. The van der Waals surface area contributed by atoms with E-state index in [1.807, 2.05) is 13.8 Å². The molecule has 0 spiro atoms. The smallest absolute Gasteiger partial charge is 0.180 e. The molecule has 1 rings (SSSR count). The van der Waals surface area contributed by atoms with E-state index in [0.29, 0.717) is 10.6 Å². The summed E-state index contributed by atoms with van der Waals surface area (Å²) in [5, 5.41) is 3.05. The van der Waals surface area contributed by atoms with E-state index in [2.05, 4.69) is 5.32 Å². The van der Waals surface area contributed by atoms with Gasteiger partial charge in [-0.15, -0.1) is 0 Å². The SMILES string of the molecule is CNC(CS(=O)(=O)c1cccc(OC)c1)C(C)C. The second kappa shape index (κ2) is 6.20. The minimum atomic E-state index is -3.29. The van der Waals surface area contributed by atoms with Crippen molar-refractivity contribution < 1.29 is 13.2 Å². The van der Waals surface area contributed by atoms with Crippen molar-refractivity contribution in [1.29, 1.82) is 0 Å². The van der Waals surface area contributed by atoms with E-state index >= 15 is 0 Å². The van der Waals surface area contributed by atoms with Gasteiger partial charge >= 0.3 is 0 Å². The van der Waals surface area contributed by atoms with Crippen molar-refractivity contribution in [3.05, 3.63) is 24.3 Å². The first-order valence-electron chi connectivity index (χ1n) is 5.94. The molecule has 0 aliphatic carbocycles. The lowest BCUT2D eigenvalue weighted by Crippen LogP contribution is -2.37. The van der Waals surface area contributed by atoms with Crippen molar-refractivity contribution in [1.82, 2.24) is 5.32 Å². The van der Waals surface area contributed by atoms with Crippen LogP contribution in [0.2, 0.25) is 0 Å². The Bertz CT molecular complexity index is 483. The molecule has 5 heteroatoms. The zero-order valence-corrected chi connectivity index (χ0v) is 12.1. The predicted molar refractivity (Wildman–Crippen MR) is 72.7 cm³/mol. The van der Waals surface area contributed by atoms with Gasteiger partial charge in [0.2, 0.25) is 0 Å². The number of sulfone groups is 1. The minimum absolute atomic E-state index is 0.0544. The number of nitrogens with one attached hydrogen (secondary N) is 1. The summed E-state index contributed by atoms with van der Waals surface area (Å²) >= 11 is 0. The maximum absolute atomic E-state index is 12.3. The maximum Gasteiger partial charge on any atom is 0.180 e. The second-order valence-electron chi connectivity index (χ2n) is 4.60. The second-order valence-corrected chi connectivity index (χ2v) is 6.63. The first kappa shape index (κ1) is 15.0. The van der Waals surface area contributed by atoms with E-state index < -0.39 is 9.84 Å². The highest BCUT2D eigenvalue weighted by atomic mass is 32.2. The van der Waals surface area contributed by atoms with Crippen molar-refractivity contribution >= 4 is 9.84 Å². The Morgan fingerprint density at radius 1 is 1.33 bits per heavy atom.